The Morgan fingerprint density at radius 2 is 2.15 bits per heavy atom. The van der Waals surface area contributed by atoms with E-state index in [4.69, 9.17) is 9.47 Å². The molecule has 26 heavy (non-hydrogen) atoms. The van der Waals surface area contributed by atoms with Crippen molar-refractivity contribution in [3.8, 4) is 0 Å². The molecule has 2 fully saturated rings. The van der Waals surface area contributed by atoms with Crippen molar-refractivity contribution in [2.75, 3.05) is 31.2 Å². The molecule has 0 amide bonds. The summed E-state index contributed by atoms with van der Waals surface area (Å²) in [4.78, 5) is 15.7. The number of ether oxygens (including phenoxy) is 2. The van der Waals surface area contributed by atoms with E-state index in [9.17, 15) is 0 Å². The first-order valence-electron chi connectivity index (χ1n) is 9.39. The van der Waals surface area contributed by atoms with Crippen molar-refractivity contribution in [2.45, 2.75) is 38.9 Å². The summed E-state index contributed by atoms with van der Waals surface area (Å²) in [5, 5.41) is 0. The lowest BCUT2D eigenvalue weighted by atomic mass is 9.73. The average molecular weight is 354 g/mol. The molecular formula is C20H26N4O2. The first kappa shape index (κ1) is 17.4. The van der Waals surface area contributed by atoms with Crippen LogP contribution in [-0.2, 0) is 16.1 Å². The van der Waals surface area contributed by atoms with Crippen LogP contribution in [0.3, 0.4) is 0 Å². The Hall–Kier alpha value is -2.05. The highest BCUT2D eigenvalue weighted by Gasteiger charge is 2.46. The minimum Gasteiger partial charge on any atom is -0.377 e. The van der Waals surface area contributed by atoms with Crippen LogP contribution in [0.15, 0.2) is 36.7 Å². The highest BCUT2D eigenvalue weighted by molar-refractivity contribution is 5.31. The van der Waals surface area contributed by atoms with Gasteiger partial charge in [0.15, 0.2) is 0 Å². The predicted molar refractivity (Wildman–Crippen MR) is 98.9 cm³/mol. The standard InChI is InChI=1S/C20H26N4O2/c1-16-5-2-6-17(23-16)13-25-15-20-8-3-12-26-18(20)7-11-24(14-20)19-21-9-4-10-22-19/h2,4-6,9-10,18H,3,7-8,11-15H2,1H3. The van der Waals surface area contributed by atoms with Gasteiger partial charge in [0.1, 0.15) is 0 Å². The van der Waals surface area contributed by atoms with E-state index in [1.54, 1.807) is 12.4 Å². The summed E-state index contributed by atoms with van der Waals surface area (Å²) in [6.45, 7) is 5.88. The minimum absolute atomic E-state index is 0.000470. The van der Waals surface area contributed by atoms with Crippen molar-refractivity contribution >= 4 is 5.95 Å². The van der Waals surface area contributed by atoms with Crippen LogP contribution >= 0.6 is 0 Å². The first-order valence-corrected chi connectivity index (χ1v) is 9.39. The molecule has 2 aliphatic rings. The Labute approximate surface area is 154 Å². The molecule has 4 rings (SSSR count). The number of aromatic nitrogens is 3. The molecule has 2 aliphatic heterocycles. The fourth-order valence-corrected chi connectivity index (χ4v) is 4.16. The average Bonchev–Trinajstić information content (AvgIpc) is 2.68. The lowest BCUT2D eigenvalue weighted by molar-refractivity contribution is -0.128. The highest BCUT2D eigenvalue weighted by Crippen LogP contribution is 2.41. The Morgan fingerprint density at radius 3 is 3.00 bits per heavy atom. The lowest BCUT2D eigenvalue weighted by Gasteiger charge is -2.50. The van der Waals surface area contributed by atoms with Crippen LogP contribution in [0.5, 0.6) is 0 Å². The molecule has 6 heteroatoms. The fourth-order valence-electron chi connectivity index (χ4n) is 4.16. The van der Waals surface area contributed by atoms with Crippen LogP contribution in [0.4, 0.5) is 5.95 Å². The Bertz CT molecular complexity index is 727. The zero-order valence-corrected chi connectivity index (χ0v) is 15.3. The number of pyridine rings is 1. The smallest absolute Gasteiger partial charge is 0.225 e. The maximum atomic E-state index is 6.15. The Balaban J connectivity index is 1.46. The normalized spacial score (nSPS) is 25.7. The summed E-state index contributed by atoms with van der Waals surface area (Å²) in [5.41, 5.74) is 2.00. The SMILES string of the molecule is Cc1cccc(COCC23CCCOC2CCN(c2ncccn2)C3)n1. The van der Waals surface area contributed by atoms with E-state index in [-0.39, 0.29) is 11.5 Å². The van der Waals surface area contributed by atoms with Crippen LogP contribution in [0.1, 0.15) is 30.7 Å². The topological polar surface area (TPSA) is 60.4 Å². The van der Waals surface area contributed by atoms with Crippen LogP contribution in [0.25, 0.3) is 0 Å². The van der Waals surface area contributed by atoms with E-state index in [0.29, 0.717) is 13.2 Å². The van der Waals surface area contributed by atoms with Gasteiger partial charge >= 0.3 is 0 Å². The number of nitrogens with zero attached hydrogens (tertiary/aromatic N) is 4. The number of piperidine rings is 1. The van der Waals surface area contributed by atoms with Crippen LogP contribution in [0.2, 0.25) is 0 Å². The molecule has 138 valence electrons. The summed E-state index contributed by atoms with van der Waals surface area (Å²) >= 11 is 0. The van der Waals surface area contributed by atoms with Crippen LogP contribution in [0, 0.1) is 12.3 Å². The molecule has 0 N–H and O–H groups in total. The van der Waals surface area contributed by atoms with Gasteiger partial charge < -0.3 is 14.4 Å². The molecule has 0 saturated carbocycles. The van der Waals surface area contributed by atoms with Gasteiger partial charge in [-0.3, -0.25) is 4.98 Å². The monoisotopic (exact) mass is 354 g/mol. The Kier molecular flexibility index (Phi) is 5.13. The van der Waals surface area contributed by atoms with Crippen molar-refractivity contribution in [2.24, 2.45) is 5.41 Å². The van der Waals surface area contributed by atoms with Gasteiger partial charge in [-0.1, -0.05) is 6.07 Å². The van der Waals surface area contributed by atoms with Crippen molar-refractivity contribution < 1.29 is 9.47 Å². The molecule has 2 aromatic heterocycles. The quantitative estimate of drug-likeness (QED) is 0.823. The number of rotatable bonds is 5. The lowest BCUT2D eigenvalue weighted by Crippen LogP contribution is -2.57. The van der Waals surface area contributed by atoms with Gasteiger partial charge in [0.25, 0.3) is 0 Å². The van der Waals surface area contributed by atoms with E-state index < -0.39 is 0 Å². The molecule has 0 bridgehead atoms. The maximum absolute atomic E-state index is 6.15. The summed E-state index contributed by atoms with van der Waals surface area (Å²) in [6.07, 6.45) is 7.04. The van der Waals surface area contributed by atoms with E-state index in [1.165, 1.54) is 0 Å². The van der Waals surface area contributed by atoms with Gasteiger partial charge in [-0.25, -0.2) is 9.97 Å². The van der Waals surface area contributed by atoms with Gasteiger partial charge in [0.2, 0.25) is 5.95 Å². The third-order valence-electron chi connectivity index (χ3n) is 5.41. The molecule has 4 heterocycles. The van der Waals surface area contributed by atoms with Gasteiger partial charge in [-0.15, -0.1) is 0 Å². The Morgan fingerprint density at radius 1 is 1.27 bits per heavy atom. The van der Waals surface area contributed by atoms with E-state index in [1.807, 2.05) is 31.2 Å². The summed E-state index contributed by atoms with van der Waals surface area (Å²) < 4.78 is 12.3. The van der Waals surface area contributed by atoms with Crippen molar-refractivity contribution in [1.82, 2.24) is 15.0 Å². The van der Waals surface area contributed by atoms with E-state index >= 15 is 0 Å². The molecule has 0 aliphatic carbocycles. The predicted octanol–water partition coefficient (Wildman–Crippen LogP) is 2.77. The molecule has 2 saturated heterocycles. The minimum atomic E-state index is -0.000470. The van der Waals surface area contributed by atoms with Gasteiger partial charge in [0.05, 0.1) is 25.0 Å². The number of aryl methyl sites for hydroxylation is 1. The summed E-state index contributed by atoms with van der Waals surface area (Å²) in [6, 6.07) is 7.91. The highest BCUT2D eigenvalue weighted by atomic mass is 16.5. The van der Waals surface area contributed by atoms with Crippen LogP contribution in [-0.4, -0.2) is 47.4 Å². The van der Waals surface area contributed by atoms with E-state index in [2.05, 4.69) is 19.9 Å². The number of anilines is 1. The zero-order chi connectivity index (χ0) is 17.8. The molecular weight excluding hydrogens is 328 g/mol. The number of hydrogen-bond acceptors (Lipinski definition) is 6. The second kappa shape index (κ2) is 7.68. The fraction of sp³-hybridized carbons (Fsp3) is 0.550. The second-order valence-electron chi connectivity index (χ2n) is 7.35. The second-order valence-corrected chi connectivity index (χ2v) is 7.35. The maximum Gasteiger partial charge on any atom is 0.225 e. The third kappa shape index (κ3) is 3.71. The molecule has 0 aromatic carbocycles. The first-order chi connectivity index (χ1) is 12.8. The number of fused-ring (bicyclic) bond motifs is 1. The van der Waals surface area contributed by atoms with Crippen molar-refractivity contribution in [1.29, 1.82) is 0 Å². The van der Waals surface area contributed by atoms with Crippen molar-refractivity contribution in [3.63, 3.8) is 0 Å². The molecule has 2 atom stereocenters. The summed E-state index contributed by atoms with van der Waals surface area (Å²) in [7, 11) is 0. The number of hydrogen-bond donors (Lipinski definition) is 0. The van der Waals surface area contributed by atoms with E-state index in [0.717, 1.165) is 56.3 Å². The molecule has 0 spiro atoms. The molecule has 2 aromatic rings. The van der Waals surface area contributed by atoms with Gasteiger partial charge in [0, 0.05) is 43.2 Å². The van der Waals surface area contributed by atoms with Crippen molar-refractivity contribution in [3.05, 3.63) is 48.0 Å². The third-order valence-corrected chi connectivity index (χ3v) is 5.41. The van der Waals surface area contributed by atoms with Crippen LogP contribution < -0.4 is 4.90 Å². The van der Waals surface area contributed by atoms with Gasteiger partial charge in [-0.2, -0.15) is 0 Å². The molecule has 6 nitrogen and oxygen atoms in total. The summed E-state index contributed by atoms with van der Waals surface area (Å²) in [5.74, 6) is 0.802. The molecule has 0 radical (unpaired) electrons. The largest absolute Gasteiger partial charge is 0.377 e. The van der Waals surface area contributed by atoms with Gasteiger partial charge in [-0.05, 0) is 44.4 Å². The zero-order valence-electron chi connectivity index (χ0n) is 15.3. The molecule has 2 unspecified atom stereocenters.